The summed E-state index contributed by atoms with van der Waals surface area (Å²) >= 11 is 7.26. The highest BCUT2D eigenvalue weighted by Gasteiger charge is 2.40. The van der Waals surface area contributed by atoms with E-state index < -0.39 is 11.5 Å². The Kier molecular flexibility index (Phi) is 5.36. The average Bonchev–Trinajstić information content (AvgIpc) is 3.26. The van der Waals surface area contributed by atoms with Crippen LogP contribution in [-0.2, 0) is 14.3 Å². The Bertz CT molecular complexity index is 1210. The van der Waals surface area contributed by atoms with Crippen molar-refractivity contribution in [3.05, 3.63) is 88.9 Å². The van der Waals surface area contributed by atoms with Crippen molar-refractivity contribution >= 4 is 52.5 Å². The topological polar surface area (TPSA) is 75.7 Å². The molecule has 2 aliphatic rings. The van der Waals surface area contributed by atoms with Gasteiger partial charge in [-0.1, -0.05) is 29.8 Å². The Hall–Kier alpha value is -3.29. The number of ether oxygens (including phenoxy) is 1. The fourth-order valence-corrected chi connectivity index (χ4v) is 4.94. The second kappa shape index (κ2) is 8.33. The van der Waals surface area contributed by atoms with Crippen molar-refractivity contribution in [3.63, 3.8) is 0 Å². The molecule has 0 radical (unpaired) electrons. The molecule has 8 heteroatoms. The Morgan fingerprint density at radius 2 is 1.66 bits per heavy atom. The molecule has 6 nitrogen and oxygen atoms in total. The van der Waals surface area contributed by atoms with E-state index in [9.17, 15) is 14.4 Å². The number of cyclic esters (lactones) is 1. The molecule has 2 amide bonds. The fourth-order valence-electron chi connectivity index (χ4n) is 3.76. The van der Waals surface area contributed by atoms with Crippen molar-refractivity contribution in [3.8, 4) is 0 Å². The van der Waals surface area contributed by atoms with Crippen LogP contribution in [0.4, 0.5) is 11.4 Å². The van der Waals surface area contributed by atoms with Gasteiger partial charge in [-0.3, -0.25) is 9.59 Å². The molecule has 2 aliphatic heterocycles. The van der Waals surface area contributed by atoms with Crippen molar-refractivity contribution in [2.45, 2.75) is 22.8 Å². The van der Waals surface area contributed by atoms with Gasteiger partial charge in [0.15, 0.2) is 0 Å². The van der Waals surface area contributed by atoms with Gasteiger partial charge in [0.25, 0.3) is 0 Å². The van der Waals surface area contributed by atoms with Gasteiger partial charge in [-0.15, -0.1) is 11.8 Å². The number of fused-ring (bicyclic) bond motifs is 1. The number of esters is 1. The standard InChI is InChI=1S/C24H17ClN2O4S/c25-14-5-9-16(10-6-14)27-21(28)13-20(23(27)29)32-17-11-7-15(8-12-17)26-22-18-3-1-2-4-19(18)24(30)31-22/h1-12,20,22,26H,13H2. The lowest BCUT2D eigenvalue weighted by Gasteiger charge is -2.16. The number of thioether (sulfide) groups is 1. The molecule has 0 bridgehead atoms. The molecule has 0 aliphatic carbocycles. The lowest BCUT2D eigenvalue weighted by Crippen LogP contribution is -2.31. The molecule has 0 aromatic heterocycles. The van der Waals surface area contributed by atoms with Crippen LogP contribution in [0.3, 0.4) is 0 Å². The Balaban J connectivity index is 1.25. The first-order chi connectivity index (χ1) is 15.5. The SMILES string of the molecule is O=C1OC(Nc2ccc(SC3CC(=O)N(c4ccc(Cl)cc4)C3=O)cc2)c2ccccc21. The summed E-state index contributed by atoms with van der Waals surface area (Å²) in [4.78, 5) is 39.4. The average molecular weight is 465 g/mol. The Labute approximate surface area is 193 Å². The van der Waals surface area contributed by atoms with Crippen LogP contribution in [0.15, 0.2) is 77.7 Å². The number of imide groups is 1. The third-order valence-corrected chi connectivity index (χ3v) is 6.76. The van der Waals surface area contributed by atoms with Gasteiger partial charge < -0.3 is 10.1 Å². The molecule has 1 saturated heterocycles. The number of rotatable bonds is 5. The van der Waals surface area contributed by atoms with Crippen LogP contribution >= 0.6 is 23.4 Å². The van der Waals surface area contributed by atoms with Crippen LogP contribution in [-0.4, -0.2) is 23.0 Å². The van der Waals surface area contributed by atoms with E-state index in [1.165, 1.54) is 16.7 Å². The van der Waals surface area contributed by atoms with Crippen molar-refractivity contribution in [2.75, 3.05) is 10.2 Å². The first-order valence-corrected chi connectivity index (χ1v) is 11.2. The van der Waals surface area contributed by atoms with Crippen LogP contribution in [0.2, 0.25) is 5.02 Å². The first kappa shape index (κ1) is 20.6. The molecular weight excluding hydrogens is 448 g/mol. The number of hydrogen-bond donors (Lipinski definition) is 1. The van der Waals surface area contributed by atoms with Gasteiger partial charge in [-0.25, -0.2) is 9.69 Å². The van der Waals surface area contributed by atoms with Crippen molar-refractivity contribution < 1.29 is 19.1 Å². The molecule has 0 saturated carbocycles. The van der Waals surface area contributed by atoms with Crippen LogP contribution in [0, 0.1) is 0 Å². The molecule has 2 unspecified atom stereocenters. The van der Waals surface area contributed by atoms with E-state index in [4.69, 9.17) is 16.3 Å². The minimum atomic E-state index is -0.542. The monoisotopic (exact) mass is 464 g/mol. The zero-order valence-corrected chi connectivity index (χ0v) is 18.2. The number of hydrogen-bond acceptors (Lipinski definition) is 6. The second-order valence-corrected chi connectivity index (χ2v) is 9.11. The van der Waals surface area contributed by atoms with Crippen LogP contribution in [0.5, 0.6) is 0 Å². The van der Waals surface area contributed by atoms with Crippen LogP contribution in [0.1, 0.15) is 28.6 Å². The third kappa shape index (κ3) is 3.85. The van der Waals surface area contributed by atoms with Gasteiger partial charge in [0.1, 0.15) is 0 Å². The lowest BCUT2D eigenvalue weighted by molar-refractivity contribution is -0.121. The molecule has 160 valence electrons. The van der Waals surface area contributed by atoms with Gasteiger partial charge in [0.2, 0.25) is 18.0 Å². The maximum atomic E-state index is 12.8. The van der Waals surface area contributed by atoms with Crippen LogP contribution < -0.4 is 10.2 Å². The molecule has 0 spiro atoms. The summed E-state index contributed by atoms with van der Waals surface area (Å²) in [6, 6.07) is 21.4. The highest BCUT2D eigenvalue weighted by Crippen LogP contribution is 2.36. The number of halogens is 1. The molecular formula is C24H17ClN2O4S. The summed E-state index contributed by atoms with van der Waals surface area (Å²) in [5.41, 5.74) is 2.67. The number of nitrogens with zero attached hydrogens (tertiary/aromatic N) is 1. The van der Waals surface area contributed by atoms with E-state index in [2.05, 4.69) is 5.32 Å². The largest absolute Gasteiger partial charge is 0.434 e. The van der Waals surface area contributed by atoms with E-state index in [0.717, 1.165) is 16.1 Å². The van der Waals surface area contributed by atoms with Gasteiger partial charge in [-0.05, 0) is 54.6 Å². The molecule has 32 heavy (non-hydrogen) atoms. The van der Waals surface area contributed by atoms with E-state index in [1.54, 1.807) is 36.4 Å². The summed E-state index contributed by atoms with van der Waals surface area (Å²) in [6.45, 7) is 0. The minimum Gasteiger partial charge on any atom is -0.434 e. The lowest BCUT2D eigenvalue weighted by atomic mass is 10.1. The molecule has 2 atom stereocenters. The van der Waals surface area contributed by atoms with Crippen molar-refractivity contribution in [1.82, 2.24) is 0 Å². The van der Waals surface area contributed by atoms with Crippen LogP contribution in [0.25, 0.3) is 0 Å². The summed E-state index contributed by atoms with van der Waals surface area (Å²) < 4.78 is 5.41. The van der Waals surface area contributed by atoms with Gasteiger partial charge in [0, 0.05) is 27.6 Å². The van der Waals surface area contributed by atoms with E-state index >= 15 is 0 Å². The van der Waals surface area contributed by atoms with Crippen molar-refractivity contribution in [2.24, 2.45) is 0 Å². The summed E-state index contributed by atoms with van der Waals surface area (Å²) in [6.07, 6.45) is -0.403. The van der Waals surface area contributed by atoms with Gasteiger partial charge in [0.05, 0.1) is 16.5 Å². The number of carbonyl (C=O) groups is 3. The molecule has 1 N–H and O–H groups in total. The highest BCUT2D eigenvalue weighted by atomic mass is 35.5. The zero-order valence-electron chi connectivity index (χ0n) is 16.7. The second-order valence-electron chi connectivity index (χ2n) is 7.40. The Morgan fingerprint density at radius 3 is 2.41 bits per heavy atom. The number of amides is 2. The van der Waals surface area contributed by atoms with Gasteiger partial charge in [-0.2, -0.15) is 0 Å². The quantitative estimate of drug-likeness (QED) is 0.421. The summed E-state index contributed by atoms with van der Waals surface area (Å²) in [5, 5.41) is 3.26. The molecule has 3 aromatic carbocycles. The molecule has 5 rings (SSSR count). The Morgan fingerprint density at radius 1 is 0.938 bits per heavy atom. The third-order valence-electron chi connectivity index (χ3n) is 5.31. The highest BCUT2D eigenvalue weighted by molar-refractivity contribution is 8.00. The first-order valence-electron chi connectivity index (χ1n) is 9.95. The van der Waals surface area contributed by atoms with Crippen molar-refractivity contribution in [1.29, 1.82) is 0 Å². The maximum Gasteiger partial charge on any atom is 0.340 e. The number of anilines is 2. The minimum absolute atomic E-state index is 0.140. The van der Waals surface area contributed by atoms with E-state index in [-0.39, 0.29) is 24.2 Å². The smallest absolute Gasteiger partial charge is 0.340 e. The molecule has 3 aromatic rings. The summed E-state index contributed by atoms with van der Waals surface area (Å²) in [5.74, 6) is -0.811. The zero-order chi connectivity index (χ0) is 22.2. The number of benzene rings is 3. The summed E-state index contributed by atoms with van der Waals surface area (Å²) in [7, 11) is 0. The number of nitrogens with one attached hydrogen (secondary N) is 1. The molecule has 2 heterocycles. The molecule has 1 fully saturated rings. The van der Waals surface area contributed by atoms with Gasteiger partial charge >= 0.3 is 5.97 Å². The number of carbonyl (C=O) groups excluding carboxylic acids is 3. The predicted molar refractivity (Wildman–Crippen MR) is 123 cm³/mol. The fraction of sp³-hybridized carbons (Fsp3) is 0.125. The maximum absolute atomic E-state index is 12.8. The van der Waals surface area contributed by atoms with E-state index in [0.29, 0.717) is 16.3 Å². The van der Waals surface area contributed by atoms with E-state index in [1.807, 2.05) is 36.4 Å². The predicted octanol–water partition coefficient (Wildman–Crippen LogP) is 5.05. The normalized spacial score (nSPS) is 19.8.